The van der Waals surface area contributed by atoms with Crippen LogP contribution in [0, 0.1) is 13.8 Å². The summed E-state index contributed by atoms with van der Waals surface area (Å²) in [5.74, 6) is -0.322. The maximum atomic E-state index is 11.1. The molecular formula is C16H20N2O3. The first kappa shape index (κ1) is 15.0. The predicted octanol–water partition coefficient (Wildman–Crippen LogP) is 2.96. The number of hydrogen-bond acceptors (Lipinski definition) is 3. The molecule has 0 spiro atoms. The summed E-state index contributed by atoms with van der Waals surface area (Å²) in [6.45, 7) is 4.74. The molecule has 112 valence electrons. The normalized spacial score (nSPS) is 10.5. The van der Waals surface area contributed by atoms with Gasteiger partial charge in [-0.25, -0.2) is 4.79 Å². The minimum Gasteiger partial charge on any atom is -0.495 e. The molecular weight excluding hydrogens is 268 g/mol. The Morgan fingerprint density at radius 1 is 1.33 bits per heavy atom. The standard InChI is InChI=1S/C16H20N2O3/c1-10-7-13(11(2)18(10)3)9-17-14-8-12(16(19)20)5-6-15(14)21-4/h5-8,17H,9H2,1-4H3,(H,19,20). The Balaban J connectivity index is 2.24. The van der Waals surface area contributed by atoms with Gasteiger partial charge in [0, 0.05) is 25.0 Å². The maximum absolute atomic E-state index is 11.1. The van der Waals surface area contributed by atoms with Crippen LogP contribution < -0.4 is 10.1 Å². The number of ether oxygens (including phenoxy) is 1. The van der Waals surface area contributed by atoms with Crippen molar-refractivity contribution >= 4 is 11.7 Å². The van der Waals surface area contributed by atoms with Crippen molar-refractivity contribution in [3.8, 4) is 5.75 Å². The van der Waals surface area contributed by atoms with Gasteiger partial charge in [-0.3, -0.25) is 0 Å². The van der Waals surface area contributed by atoms with Crippen LogP contribution in [0.1, 0.15) is 27.3 Å². The zero-order valence-electron chi connectivity index (χ0n) is 12.7. The molecule has 2 aromatic rings. The van der Waals surface area contributed by atoms with Crippen molar-refractivity contribution in [3.63, 3.8) is 0 Å². The maximum Gasteiger partial charge on any atom is 0.335 e. The lowest BCUT2D eigenvalue weighted by molar-refractivity contribution is 0.0697. The molecule has 1 heterocycles. The van der Waals surface area contributed by atoms with Crippen LogP contribution in [0.2, 0.25) is 0 Å². The number of nitrogens with zero attached hydrogens (tertiary/aromatic N) is 1. The Kier molecular flexibility index (Phi) is 4.21. The molecule has 0 saturated heterocycles. The monoisotopic (exact) mass is 288 g/mol. The second kappa shape index (κ2) is 5.91. The third-order valence-corrected chi connectivity index (χ3v) is 3.80. The highest BCUT2D eigenvalue weighted by atomic mass is 16.5. The summed E-state index contributed by atoms with van der Waals surface area (Å²) >= 11 is 0. The largest absolute Gasteiger partial charge is 0.495 e. The van der Waals surface area contributed by atoms with Crippen LogP contribution in [0.3, 0.4) is 0 Å². The van der Waals surface area contributed by atoms with Crippen LogP contribution >= 0.6 is 0 Å². The molecule has 0 atom stereocenters. The van der Waals surface area contributed by atoms with Crippen LogP contribution in [-0.2, 0) is 13.6 Å². The number of carboxylic acid groups (broad SMARTS) is 1. The van der Waals surface area contributed by atoms with Gasteiger partial charge in [0.25, 0.3) is 0 Å². The van der Waals surface area contributed by atoms with Crippen molar-refractivity contribution in [1.29, 1.82) is 0 Å². The number of hydrogen-bond donors (Lipinski definition) is 2. The Morgan fingerprint density at radius 2 is 2.05 bits per heavy atom. The van der Waals surface area contributed by atoms with Crippen molar-refractivity contribution in [3.05, 3.63) is 46.8 Å². The number of carboxylic acids is 1. The third-order valence-electron chi connectivity index (χ3n) is 3.80. The average Bonchev–Trinajstić information content (AvgIpc) is 2.72. The molecule has 2 rings (SSSR count). The van der Waals surface area contributed by atoms with E-state index in [9.17, 15) is 4.79 Å². The first-order valence-corrected chi connectivity index (χ1v) is 6.71. The number of aryl methyl sites for hydroxylation is 1. The summed E-state index contributed by atoms with van der Waals surface area (Å²) < 4.78 is 7.39. The number of aromatic carboxylic acids is 1. The molecule has 5 heteroatoms. The molecule has 0 fully saturated rings. The fourth-order valence-electron chi connectivity index (χ4n) is 2.28. The predicted molar refractivity (Wildman–Crippen MR) is 82.2 cm³/mol. The molecule has 0 radical (unpaired) electrons. The van der Waals surface area contributed by atoms with Crippen LogP contribution in [0.25, 0.3) is 0 Å². The zero-order valence-corrected chi connectivity index (χ0v) is 12.7. The summed E-state index contributed by atoms with van der Waals surface area (Å²) in [6.07, 6.45) is 0. The SMILES string of the molecule is COc1ccc(C(=O)O)cc1NCc1cc(C)n(C)c1C. The fraction of sp³-hybridized carbons (Fsp3) is 0.312. The van der Waals surface area contributed by atoms with Crippen LogP contribution in [0.4, 0.5) is 5.69 Å². The highest BCUT2D eigenvalue weighted by molar-refractivity contribution is 5.89. The number of rotatable bonds is 5. The van der Waals surface area contributed by atoms with E-state index in [0.29, 0.717) is 18.0 Å². The Morgan fingerprint density at radius 3 is 2.57 bits per heavy atom. The van der Waals surface area contributed by atoms with Gasteiger partial charge in [0.1, 0.15) is 5.75 Å². The number of methoxy groups -OCH3 is 1. The van der Waals surface area contributed by atoms with Crippen molar-refractivity contribution in [2.75, 3.05) is 12.4 Å². The molecule has 0 aliphatic heterocycles. The van der Waals surface area contributed by atoms with Gasteiger partial charge in [-0.2, -0.15) is 0 Å². The van der Waals surface area contributed by atoms with Crippen LogP contribution in [0.15, 0.2) is 24.3 Å². The van der Waals surface area contributed by atoms with E-state index in [0.717, 1.165) is 0 Å². The summed E-state index contributed by atoms with van der Waals surface area (Å²) in [5, 5.41) is 12.3. The quantitative estimate of drug-likeness (QED) is 0.888. The average molecular weight is 288 g/mol. The van der Waals surface area contributed by atoms with E-state index >= 15 is 0 Å². The summed E-state index contributed by atoms with van der Waals surface area (Å²) in [5.41, 5.74) is 4.47. The Labute approximate surface area is 124 Å². The van der Waals surface area contributed by atoms with Crippen molar-refractivity contribution < 1.29 is 14.6 Å². The lowest BCUT2D eigenvalue weighted by Crippen LogP contribution is -2.05. The first-order valence-electron chi connectivity index (χ1n) is 6.71. The second-order valence-electron chi connectivity index (χ2n) is 5.03. The number of aromatic nitrogens is 1. The molecule has 0 aliphatic rings. The zero-order chi connectivity index (χ0) is 15.6. The minimum absolute atomic E-state index is 0.235. The van der Waals surface area contributed by atoms with Crippen molar-refractivity contribution in [2.45, 2.75) is 20.4 Å². The topological polar surface area (TPSA) is 63.5 Å². The lowest BCUT2D eigenvalue weighted by atomic mass is 10.1. The molecule has 0 amide bonds. The molecule has 0 bridgehead atoms. The van der Waals surface area contributed by atoms with E-state index < -0.39 is 5.97 Å². The van der Waals surface area contributed by atoms with Gasteiger partial charge >= 0.3 is 5.97 Å². The van der Waals surface area contributed by atoms with E-state index in [4.69, 9.17) is 9.84 Å². The van der Waals surface area contributed by atoms with E-state index in [2.05, 4.69) is 29.8 Å². The van der Waals surface area contributed by atoms with E-state index in [-0.39, 0.29) is 5.56 Å². The van der Waals surface area contributed by atoms with Gasteiger partial charge in [0.2, 0.25) is 0 Å². The molecule has 0 saturated carbocycles. The van der Waals surface area contributed by atoms with Gasteiger partial charge in [-0.05, 0) is 43.7 Å². The molecule has 21 heavy (non-hydrogen) atoms. The summed E-state index contributed by atoms with van der Waals surface area (Å²) in [7, 11) is 3.60. The Bertz CT molecular complexity index is 674. The Hall–Kier alpha value is -2.43. The first-order chi connectivity index (χ1) is 9.93. The molecule has 2 N–H and O–H groups in total. The van der Waals surface area contributed by atoms with Crippen molar-refractivity contribution in [1.82, 2.24) is 4.57 Å². The fourth-order valence-corrected chi connectivity index (χ4v) is 2.28. The van der Waals surface area contributed by atoms with Gasteiger partial charge in [-0.1, -0.05) is 0 Å². The minimum atomic E-state index is -0.951. The number of carbonyl (C=O) groups is 1. The van der Waals surface area contributed by atoms with E-state index in [1.807, 2.05) is 7.05 Å². The van der Waals surface area contributed by atoms with Crippen molar-refractivity contribution in [2.24, 2.45) is 7.05 Å². The van der Waals surface area contributed by atoms with E-state index in [1.165, 1.54) is 23.0 Å². The molecule has 5 nitrogen and oxygen atoms in total. The molecule has 0 aliphatic carbocycles. The molecule has 1 aromatic heterocycles. The number of nitrogens with one attached hydrogen (secondary N) is 1. The number of anilines is 1. The van der Waals surface area contributed by atoms with E-state index in [1.54, 1.807) is 19.2 Å². The van der Waals surface area contributed by atoms with Crippen LogP contribution in [-0.4, -0.2) is 22.8 Å². The molecule has 0 unspecified atom stereocenters. The smallest absolute Gasteiger partial charge is 0.335 e. The van der Waals surface area contributed by atoms with Gasteiger partial charge in [0.15, 0.2) is 0 Å². The van der Waals surface area contributed by atoms with Crippen LogP contribution in [0.5, 0.6) is 5.75 Å². The van der Waals surface area contributed by atoms with Gasteiger partial charge < -0.3 is 19.7 Å². The summed E-state index contributed by atoms with van der Waals surface area (Å²) in [4.78, 5) is 11.1. The highest BCUT2D eigenvalue weighted by Gasteiger charge is 2.10. The highest BCUT2D eigenvalue weighted by Crippen LogP contribution is 2.26. The third kappa shape index (κ3) is 3.02. The van der Waals surface area contributed by atoms with Gasteiger partial charge in [-0.15, -0.1) is 0 Å². The summed E-state index contributed by atoms with van der Waals surface area (Å²) in [6, 6.07) is 6.90. The lowest BCUT2D eigenvalue weighted by Gasteiger charge is -2.12. The number of benzene rings is 1. The second-order valence-corrected chi connectivity index (χ2v) is 5.03. The molecule has 1 aromatic carbocycles. The van der Waals surface area contributed by atoms with Gasteiger partial charge in [0.05, 0.1) is 18.4 Å².